The van der Waals surface area contributed by atoms with Gasteiger partial charge < -0.3 is 14.7 Å². The zero-order chi connectivity index (χ0) is 12.8. The zero-order valence-electron chi connectivity index (χ0n) is 10.9. The fraction of sp³-hybridized carbons (Fsp3) is 0.750. The summed E-state index contributed by atoms with van der Waals surface area (Å²) in [5, 5.41) is 9.65. The first-order chi connectivity index (χ1) is 8.04. The van der Waals surface area contributed by atoms with E-state index in [-0.39, 0.29) is 5.76 Å². The summed E-state index contributed by atoms with van der Waals surface area (Å²) in [4.78, 5) is 15.7. The van der Waals surface area contributed by atoms with Crippen molar-refractivity contribution in [3.63, 3.8) is 0 Å². The van der Waals surface area contributed by atoms with Gasteiger partial charge in [0.1, 0.15) is 5.76 Å². The molecule has 17 heavy (non-hydrogen) atoms. The molecule has 0 unspecified atom stereocenters. The first-order valence-electron chi connectivity index (χ1n) is 5.91. The van der Waals surface area contributed by atoms with Crippen LogP contribution in [-0.4, -0.2) is 68.3 Å². The number of hydrogen-bond donors (Lipinski definition) is 1. The number of methoxy groups -OCH3 is 1. The standard InChI is InChI=1S/C12H22N2O3/c1-13(2)6-4-7-14-8-5-11(15)10(9-14)12(16)17-3/h15H,4-9H2,1-3H3. The van der Waals surface area contributed by atoms with Crippen LogP contribution in [0.2, 0.25) is 0 Å². The first-order valence-corrected chi connectivity index (χ1v) is 5.91. The van der Waals surface area contributed by atoms with E-state index in [1.165, 1.54) is 7.11 Å². The van der Waals surface area contributed by atoms with Gasteiger partial charge >= 0.3 is 5.97 Å². The van der Waals surface area contributed by atoms with Crippen LogP contribution in [0.25, 0.3) is 0 Å². The molecule has 1 aliphatic rings. The summed E-state index contributed by atoms with van der Waals surface area (Å²) in [7, 11) is 5.43. The predicted molar refractivity (Wildman–Crippen MR) is 65.9 cm³/mol. The predicted octanol–water partition coefficient (Wildman–Crippen LogP) is 0.629. The number of carbonyl (C=O) groups excluding carboxylic acids is 1. The van der Waals surface area contributed by atoms with E-state index < -0.39 is 5.97 Å². The van der Waals surface area contributed by atoms with Crippen molar-refractivity contribution < 1.29 is 14.6 Å². The van der Waals surface area contributed by atoms with Gasteiger partial charge in [-0.15, -0.1) is 0 Å². The summed E-state index contributed by atoms with van der Waals surface area (Å²) >= 11 is 0. The van der Waals surface area contributed by atoms with Crippen LogP contribution in [0.15, 0.2) is 11.3 Å². The molecule has 0 aromatic rings. The monoisotopic (exact) mass is 242 g/mol. The van der Waals surface area contributed by atoms with Crippen LogP contribution in [0.4, 0.5) is 0 Å². The van der Waals surface area contributed by atoms with Gasteiger partial charge in [-0.2, -0.15) is 0 Å². The molecule has 1 heterocycles. The van der Waals surface area contributed by atoms with E-state index in [0.717, 1.165) is 26.1 Å². The van der Waals surface area contributed by atoms with Gasteiger partial charge in [-0.1, -0.05) is 0 Å². The Morgan fingerprint density at radius 1 is 1.53 bits per heavy atom. The SMILES string of the molecule is COC(=O)C1=C(O)CCN(CCCN(C)C)C1. The lowest BCUT2D eigenvalue weighted by Crippen LogP contribution is -2.36. The maximum Gasteiger partial charge on any atom is 0.338 e. The number of esters is 1. The molecule has 0 aliphatic carbocycles. The number of ether oxygens (including phenoxy) is 1. The van der Waals surface area contributed by atoms with Crippen molar-refractivity contribution in [2.24, 2.45) is 0 Å². The van der Waals surface area contributed by atoms with Crippen LogP contribution in [-0.2, 0) is 9.53 Å². The molecule has 0 saturated carbocycles. The van der Waals surface area contributed by atoms with E-state index in [1.54, 1.807) is 0 Å². The summed E-state index contributed by atoms with van der Waals surface area (Å²) in [5.41, 5.74) is 0.406. The maximum absolute atomic E-state index is 11.4. The molecule has 1 rings (SSSR count). The fourth-order valence-electron chi connectivity index (χ4n) is 1.92. The third kappa shape index (κ3) is 4.36. The number of rotatable bonds is 5. The van der Waals surface area contributed by atoms with Crippen molar-refractivity contribution in [1.82, 2.24) is 9.80 Å². The molecule has 0 bridgehead atoms. The highest BCUT2D eigenvalue weighted by Gasteiger charge is 2.23. The molecule has 0 amide bonds. The van der Waals surface area contributed by atoms with Crippen LogP contribution >= 0.6 is 0 Å². The lowest BCUT2D eigenvalue weighted by molar-refractivity contribution is -0.136. The van der Waals surface area contributed by atoms with E-state index in [4.69, 9.17) is 0 Å². The Morgan fingerprint density at radius 3 is 2.82 bits per heavy atom. The second-order valence-corrected chi connectivity index (χ2v) is 4.60. The average Bonchev–Trinajstić information content (AvgIpc) is 2.30. The summed E-state index contributed by atoms with van der Waals surface area (Å²) in [5.74, 6) is -0.236. The second-order valence-electron chi connectivity index (χ2n) is 4.60. The Balaban J connectivity index is 2.45. The number of carbonyl (C=O) groups is 1. The van der Waals surface area contributed by atoms with Gasteiger partial charge in [0.15, 0.2) is 0 Å². The summed E-state index contributed by atoms with van der Waals surface area (Å²) < 4.78 is 4.66. The Kier molecular flexibility index (Phi) is 5.44. The van der Waals surface area contributed by atoms with E-state index >= 15 is 0 Å². The lowest BCUT2D eigenvalue weighted by atomic mass is 10.1. The molecule has 1 aliphatic heterocycles. The maximum atomic E-state index is 11.4. The van der Waals surface area contributed by atoms with Crippen LogP contribution < -0.4 is 0 Å². The molecule has 98 valence electrons. The van der Waals surface area contributed by atoms with Crippen LogP contribution in [0, 0.1) is 0 Å². The molecule has 0 spiro atoms. The molecular weight excluding hydrogens is 220 g/mol. The van der Waals surface area contributed by atoms with E-state index in [0.29, 0.717) is 18.5 Å². The van der Waals surface area contributed by atoms with Crippen molar-refractivity contribution in [2.75, 3.05) is 47.4 Å². The minimum Gasteiger partial charge on any atom is -0.512 e. The van der Waals surface area contributed by atoms with Crippen molar-refractivity contribution in [2.45, 2.75) is 12.8 Å². The second kappa shape index (κ2) is 6.61. The summed E-state index contributed by atoms with van der Waals surface area (Å²) in [6, 6.07) is 0. The number of aliphatic hydroxyl groups is 1. The zero-order valence-corrected chi connectivity index (χ0v) is 10.9. The molecule has 1 N–H and O–H groups in total. The largest absolute Gasteiger partial charge is 0.512 e. The lowest BCUT2D eigenvalue weighted by Gasteiger charge is -2.28. The molecule has 5 heteroatoms. The highest BCUT2D eigenvalue weighted by atomic mass is 16.5. The summed E-state index contributed by atoms with van der Waals surface area (Å²) in [6.07, 6.45) is 1.59. The van der Waals surface area contributed by atoms with Crippen LogP contribution in [0.3, 0.4) is 0 Å². The van der Waals surface area contributed by atoms with Gasteiger partial charge in [-0.25, -0.2) is 4.79 Å². The topological polar surface area (TPSA) is 53.0 Å². The normalized spacial score (nSPS) is 17.6. The van der Waals surface area contributed by atoms with E-state index in [2.05, 4.69) is 14.5 Å². The van der Waals surface area contributed by atoms with Gasteiger partial charge in [0.2, 0.25) is 0 Å². The van der Waals surface area contributed by atoms with Gasteiger partial charge in [-0.3, -0.25) is 4.90 Å². The van der Waals surface area contributed by atoms with Crippen molar-refractivity contribution >= 4 is 5.97 Å². The van der Waals surface area contributed by atoms with Gasteiger partial charge in [0, 0.05) is 19.5 Å². The number of aliphatic hydroxyl groups excluding tert-OH is 1. The molecule has 0 saturated heterocycles. The highest BCUT2D eigenvalue weighted by molar-refractivity contribution is 5.89. The highest BCUT2D eigenvalue weighted by Crippen LogP contribution is 2.16. The molecule has 5 nitrogen and oxygen atoms in total. The molecule has 0 fully saturated rings. The van der Waals surface area contributed by atoms with E-state index in [9.17, 15) is 9.90 Å². The summed E-state index contributed by atoms with van der Waals surface area (Å²) in [6.45, 7) is 3.26. The molecule has 0 aromatic carbocycles. The third-order valence-corrected chi connectivity index (χ3v) is 2.91. The van der Waals surface area contributed by atoms with Crippen molar-refractivity contribution in [3.05, 3.63) is 11.3 Å². The molecule has 0 atom stereocenters. The van der Waals surface area contributed by atoms with Crippen LogP contribution in [0.5, 0.6) is 0 Å². The molecular formula is C12H22N2O3. The molecule has 0 aromatic heterocycles. The third-order valence-electron chi connectivity index (χ3n) is 2.91. The number of nitrogens with zero attached hydrogens (tertiary/aromatic N) is 2. The van der Waals surface area contributed by atoms with Crippen molar-refractivity contribution in [3.8, 4) is 0 Å². The fourth-order valence-corrected chi connectivity index (χ4v) is 1.92. The minimum absolute atomic E-state index is 0.181. The Labute approximate surface area is 103 Å². The Morgan fingerprint density at radius 2 is 2.24 bits per heavy atom. The number of hydrogen-bond acceptors (Lipinski definition) is 5. The average molecular weight is 242 g/mol. The van der Waals surface area contributed by atoms with Gasteiger partial charge in [0.25, 0.3) is 0 Å². The van der Waals surface area contributed by atoms with Crippen LogP contribution in [0.1, 0.15) is 12.8 Å². The smallest absolute Gasteiger partial charge is 0.338 e. The minimum atomic E-state index is -0.417. The quantitative estimate of drug-likeness (QED) is 0.717. The van der Waals surface area contributed by atoms with Gasteiger partial charge in [-0.05, 0) is 33.6 Å². The Hall–Kier alpha value is -1.07. The first kappa shape index (κ1) is 14.0. The van der Waals surface area contributed by atoms with Gasteiger partial charge in [0.05, 0.1) is 12.7 Å². The Bertz CT molecular complexity index is 300. The molecule has 0 radical (unpaired) electrons. The van der Waals surface area contributed by atoms with E-state index in [1.807, 2.05) is 14.1 Å². The van der Waals surface area contributed by atoms with Crippen molar-refractivity contribution in [1.29, 1.82) is 0 Å².